The van der Waals surface area contributed by atoms with Crippen molar-refractivity contribution >= 4 is 34.5 Å². The number of carbonyl (C=O) groups excluding carboxylic acids is 2. The number of para-hydroxylation sites is 1. The summed E-state index contributed by atoms with van der Waals surface area (Å²) in [5.41, 5.74) is 1.84. The number of rotatable bonds is 8. The molecule has 0 fully saturated rings. The lowest BCUT2D eigenvalue weighted by atomic mass is 10.1. The molecule has 2 aromatic rings. The highest BCUT2D eigenvalue weighted by Crippen LogP contribution is 2.29. The molecule has 0 aliphatic rings. The van der Waals surface area contributed by atoms with Crippen molar-refractivity contribution in [1.29, 1.82) is 0 Å². The van der Waals surface area contributed by atoms with Gasteiger partial charge in [0.2, 0.25) is 11.8 Å². The highest BCUT2D eigenvalue weighted by Gasteiger charge is 2.24. The second-order valence-corrected chi connectivity index (χ2v) is 7.06. The minimum atomic E-state index is -0.521. The summed E-state index contributed by atoms with van der Waals surface area (Å²) in [7, 11) is 0. The highest BCUT2D eigenvalue weighted by molar-refractivity contribution is 7.98. The smallest absolute Gasteiger partial charge is 0.243 e. The molecule has 1 aromatic heterocycles. The summed E-state index contributed by atoms with van der Waals surface area (Å²) in [5, 5.41) is 6.84. The van der Waals surface area contributed by atoms with Crippen LogP contribution in [-0.2, 0) is 9.59 Å². The molecule has 0 spiro atoms. The van der Waals surface area contributed by atoms with Gasteiger partial charge in [-0.2, -0.15) is 11.8 Å². The molecule has 0 radical (unpaired) electrons. The predicted octanol–water partition coefficient (Wildman–Crippen LogP) is 3.57. The van der Waals surface area contributed by atoms with Crippen LogP contribution in [-0.4, -0.2) is 29.9 Å². The number of thioether (sulfide) groups is 1. The van der Waals surface area contributed by atoms with Crippen LogP contribution in [0.2, 0.25) is 0 Å². The van der Waals surface area contributed by atoms with Gasteiger partial charge < -0.3 is 15.1 Å². The van der Waals surface area contributed by atoms with Crippen LogP contribution in [0.5, 0.6) is 0 Å². The van der Waals surface area contributed by atoms with Gasteiger partial charge in [-0.15, -0.1) is 0 Å². The standard InChI is InChI=1S/C19H26N2O3S/c1-5-17(22)21-15(10-11-25-4)19(23)20-13(3)18-12(2)14-8-6-7-9-16(14)24-18/h6-9,13,15H,5,10-11H2,1-4H3,(H,20,23)(H,21,22). The summed E-state index contributed by atoms with van der Waals surface area (Å²) >= 11 is 1.65. The zero-order valence-corrected chi connectivity index (χ0v) is 16.0. The number of aryl methyl sites for hydroxylation is 1. The van der Waals surface area contributed by atoms with Gasteiger partial charge in [0, 0.05) is 17.4 Å². The van der Waals surface area contributed by atoms with E-state index < -0.39 is 6.04 Å². The number of benzene rings is 1. The quantitative estimate of drug-likeness (QED) is 0.753. The molecule has 0 aliphatic heterocycles. The Kier molecular flexibility index (Phi) is 6.93. The average Bonchev–Trinajstić information content (AvgIpc) is 2.95. The van der Waals surface area contributed by atoms with Crippen molar-refractivity contribution in [1.82, 2.24) is 10.6 Å². The molecule has 0 bridgehead atoms. The molecule has 136 valence electrons. The molecule has 1 aromatic carbocycles. The molecule has 5 nitrogen and oxygen atoms in total. The Morgan fingerprint density at radius 1 is 1.24 bits per heavy atom. The van der Waals surface area contributed by atoms with Gasteiger partial charge in [-0.25, -0.2) is 0 Å². The molecule has 2 rings (SSSR count). The van der Waals surface area contributed by atoms with E-state index in [0.29, 0.717) is 12.8 Å². The summed E-state index contributed by atoms with van der Waals surface area (Å²) in [6.45, 7) is 5.67. The van der Waals surface area contributed by atoms with Crippen LogP contribution in [0.15, 0.2) is 28.7 Å². The summed E-state index contributed by atoms with van der Waals surface area (Å²) in [5.74, 6) is 1.26. The third-order valence-corrected chi connectivity index (χ3v) is 4.86. The Morgan fingerprint density at radius 2 is 1.96 bits per heavy atom. The Labute approximate surface area is 152 Å². The van der Waals surface area contributed by atoms with E-state index in [2.05, 4.69) is 10.6 Å². The lowest BCUT2D eigenvalue weighted by Gasteiger charge is -2.20. The van der Waals surface area contributed by atoms with Gasteiger partial charge >= 0.3 is 0 Å². The van der Waals surface area contributed by atoms with E-state index >= 15 is 0 Å². The first-order chi connectivity index (χ1) is 12.0. The molecule has 2 unspecified atom stereocenters. The zero-order chi connectivity index (χ0) is 18.4. The molecule has 2 N–H and O–H groups in total. The van der Waals surface area contributed by atoms with Crippen LogP contribution in [0.3, 0.4) is 0 Å². The molecular formula is C19H26N2O3S. The second kappa shape index (κ2) is 8.94. The predicted molar refractivity (Wildman–Crippen MR) is 103 cm³/mol. The van der Waals surface area contributed by atoms with Crippen LogP contribution in [0.25, 0.3) is 11.0 Å². The zero-order valence-electron chi connectivity index (χ0n) is 15.2. The number of furan rings is 1. The van der Waals surface area contributed by atoms with Crippen molar-refractivity contribution in [2.24, 2.45) is 0 Å². The molecule has 0 saturated heterocycles. The number of carbonyl (C=O) groups is 2. The van der Waals surface area contributed by atoms with E-state index in [1.807, 2.05) is 44.4 Å². The van der Waals surface area contributed by atoms with Crippen molar-refractivity contribution < 1.29 is 14.0 Å². The lowest BCUT2D eigenvalue weighted by molar-refractivity contribution is -0.129. The summed E-state index contributed by atoms with van der Waals surface area (Å²) in [6, 6.07) is 7.04. The third kappa shape index (κ3) is 4.78. The number of fused-ring (bicyclic) bond motifs is 1. The minimum absolute atomic E-state index is 0.117. The van der Waals surface area contributed by atoms with Gasteiger partial charge in [-0.05, 0) is 38.3 Å². The Hall–Kier alpha value is -1.95. The van der Waals surface area contributed by atoms with Crippen molar-refractivity contribution in [3.63, 3.8) is 0 Å². The summed E-state index contributed by atoms with van der Waals surface area (Å²) in [4.78, 5) is 24.3. The molecule has 0 aliphatic carbocycles. The molecule has 0 saturated carbocycles. The maximum absolute atomic E-state index is 12.6. The fraction of sp³-hybridized carbons (Fsp3) is 0.474. The minimum Gasteiger partial charge on any atom is -0.459 e. The van der Waals surface area contributed by atoms with Crippen molar-refractivity contribution in [3.05, 3.63) is 35.6 Å². The van der Waals surface area contributed by atoms with Gasteiger partial charge in [-0.3, -0.25) is 9.59 Å². The number of hydrogen-bond donors (Lipinski definition) is 2. The van der Waals surface area contributed by atoms with Gasteiger partial charge in [-0.1, -0.05) is 25.1 Å². The van der Waals surface area contributed by atoms with Crippen LogP contribution < -0.4 is 10.6 Å². The van der Waals surface area contributed by atoms with Gasteiger partial charge in [0.05, 0.1) is 6.04 Å². The van der Waals surface area contributed by atoms with Crippen LogP contribution >= 0.6 is 11.8 Å². The van der Waals surface area contributed by atoms with E-state index in [4.69, 9.17) is 4.42 Å². The monoisotopic (exact) mass is 362 g/mol. The molecule has 2 atom stereocenters. The summed E-state index contributed by atoms with van der Waals surface area (Å²) < 4.78 is 5.92. The van der Waals surface area contributed by atoms with Crippen molar-refractivity contribution in [2.45, 2.75) is 45.7 Å². The Balaban J connectivity index is 2.12. The van der Waals surface area contributed by atoms with Crippen molar-refractivity contribution in [3.8, 4) is 0 Å². The SMILES string of the molecule is CCC(=O)NC(CCSC)C(=O)NC(C)c1oc2ccccc2c1C. The normalized spacial score (nSPS) is 13.4. The topological polar surface area (TPSA) is 71.3 Å². The van der Waals surface area contributed by atoms with Crippen LogP contribution in [0, 0.1) is 6.92 Å². The fourth-order valence-corrected chi connectivity index (χ4v) is 3.26. The molecule has 1 heterocycles. The molecule has 2 amide bonds. The number of amides is 2. The first-order valence-corrected chi connectivity index (χ1v) is 9.94. The summed E-state index contributed by atoms with van der Waals surface area (Å²) in [6.07, 6.45) is 2.95. The molecule has 6 heteroatoms. The number of nitrogens with one attached hydrogen (secondary N) is 2. The first kappa shape index (κ1) is 19.4. The highest BCUT2D eigenvalue weighted by atomic mass is 32.2. The van der Waals surface area contributed by atoms with Gasteiger partial charge in [0.15, 0.2) is 0 Å². The fourth-order valence-electron chi connectivity index (χ4n) is 2.79. The van der Waals surface area contributed by atoms with Gasteiger partial charge in [0.1, 0.15) is 17.4 Å². The Morgan fingerprint density at radius 3 is 2.60 bits per heavy atom. The largest absolute Gasteiger partial charge is 0.459 e. The van der Waals surface area contributed by atoms with Crippen LogP contribution in [0.4, 0.5) is 0 Å². The molecule has 25 heavy (non-hydrogen) atoms. The van der Waals surface area contributed by atoms with E-state index in [1.54, 1.807) is 18.7 Å². The van der Waals surface area contributed by atoms with Crippen LogP contribution in [0.1, 0.15) is 44.1 Å². The maximum Gasteiger partial charge on any atom is 0.243 e. The Bertz CT molecular complexity index is 741. The van der Waals surface area contributed by atoms with E-state index in [1.165, 1.54) is 0 Å². The molecular weight excluding hydrogens is 336 g/mol. The van der Waals surface area contributed by atoms with E-state index in [9.17, 15) is 9.59 Å². The first-order valence-electron chi connectivity index (χ1n) is 8.54. The number of hydrogen-bond acceptors (Lipinski definition) is 4. The second-order valence-electron chi connectivity index (χ2n) is 6.07. The van der Waals surface area contributed by atoms with E-state index in [-0.39, 0.29) is 17.9 Å². The van der Waals surface area contributed by atoms with E-state index in [0.717, 1.165) is 28.0 Å². The van der Waals surface area contributed by atoms with Gasteiger partial charge in [0.25, 0.3) is 0 Å². The lowest BCUT2D eigenvalue weighted by Crippen LogP contribution is -2.47. The maximum atomic E-state index is 12.6. The third-order valence-electron chi connectivity index (χ3n) is 4.22. The van der Waals surface area contributed by atoms with Crippen molar-refractivity contribution in [2.75, 3.05) is 12.0 Å². The average molecular weight is 362 g/mol.